The molecule has 0 spiro atoms. The first-order chi connectivity index (χ1) is 9.70. The van der Waals surface area contributed by atoms with Crippen LogP contribution in [-0.2, 0) is 11.4 Å². The van der Waals surface area contributed by atoms with Crippen LogP contribution in [0.15, 0.2) is 53.5 Å². The van der Waals surface area contributed by atoms with Crippen LogP contribution in [-0.4, -0.2) is 11.9 Å². The molecular weight excluding hydrogens is 254 g/mol. The lowest BCUT2D eigenvalue weighted by atomic mass is 10.1. The van der Waals surface area contributed by atoms with Gasteiger partial charge in [-0.2, -0.15) is 4.99 Å². The third kappa shape index (κ3) is 3.40. The first kappa shape index (κ1) is 13.7. The molecule has 100 valence electrons. The van der Waals surface area contributed by atoms with E-state index in [1.165, 1.54) is 19.1 Å². The van der Waals surface area contributed by atoms with Crippen molar-refractivity contribution in [2.24, 2.45) is 4.99 Å². The summed E-state index contributed by atoms with van der Waals surface area (Å²) in [4.78, 5) is 25.4. The van der Waals surface area contributed by atoms with Gasteiger partial charge >= 0.3 is 0 Å². The van der Waals surface area contributed by atoms with Gasteiger partial charge in [-0.05, 0) is 30.7 Å². The fourth-order valence-corrected chi connectivity index (χ4v) is 1.78. The Hall–Kier alpha value is -2.71. The predicted octanol–water partition coefficient (Wildman–Crippen LogP) is 3.44. The van der Waals surface area contributed by atoms with Crippen LogP contribution in [0.3, 0.4) is 0 Å². The van der Waals surface area contributed by atoms with E-state index in [9.17, 15) is 9.59 Å². The van der Waals surface area contributed by atoms with Gasteiger partial charge in [0.25, 0.3) is 0 Å². The van der Waals surface area contributed by atoms with Crippen molar-refractivity contribution in [1.82, 2.24) is 0 Å². The van der Waals surface area contributed by atoms with Crippen LogP contribution in [0.4, 0.5) is 5.69 Å². The Morgan fingerprint density at radius 3 is 2.60 bits per heavy atom. The molecule has 0 fully saturated rings. The number of ketones is 1. The third-order valence-electron chi connectivity index (χ3n) is 2.75. The zero-order chi connectivity index (χ0) is 14.4. The molecule has 2 aromatic carbocycles. The van der Waals surface area contributed by atoms with Crippen LogP contribution in [0.5, 0.6) is 5.75 Å². The first-order valence-electron chi connectivity index (χ1n) is 6.10. The van der Waals surface area contributed by atoms with Crippen molar-refractivity contribution in [3.05, 3.63) is 59.7 Å². The number of carbonyl (C=O) groups excluding carboxylic acids is 2. The molecule has 0 N–H and O–H groups in total. The molecule has 0 heterocycles. The highest BCUT2D eigenvalue weighted by atomic mass is 16.5. The Labute approximate surface area is 116 Å². The average molecular weight is 267 g/mol. The molecule has 4 heteroatoms. The lowest BCUT2D eigenvalue weighted by Gasteiger charge is -2.10. The molecular formula is C16H13NO3. The summed E-state index contributed by atoms with van der Waals surface area (Å²) in [5.74, 6) is 0.335. The van der Waals surface area contributed by atoms with Gasteiger partial charge in [0.1, 0.15) is 12.4 Å². The molecule has 0 radical (unpaired) electrons. The van der Waals surface area contributed by atoms with E-state index in [1.54, 1.807) is 12.1 Å². The van der Waals surface area contributed by atoms with E-state index in [1.807, 2.05) is 30.3 Å². The van der Waals surface area contributed by atoms with Gasteiger partial charge in [0.05, 0.1) is 11.3 Å². The number of Topliss-reactive ketones (excluding diaryl/α,β-unsaturated/α-hetero) is 1. The van der Waals surface area contributed by atoms with Crippen LogP contribution in [0.25, 0.3) is 0 Å². The molecule has 2 rings (SSSR count). The minimum absolute atomic E-state index is 0.143. The van der Waals surface area contributed by atoms with Gasteiger partial charge in [-0.3, -0.25) is 4.79 Å². The van der Waals surface area contributed by atoms with Crippen LogP contribution >= 0.6 is 0 Å². The van der Waals surface area contributed by atoms with Crippen molar-refractivity contribution in [2.45, 2.75) is 13.5 Å². The minimum atomic E-state index is -0.143. The highest BCUT2D eigenvalue weighted by Crippen LogP contribution is 2.25. The zero-order valence-corrected chi connectivity index (χ0v) is 11.0. The number of carbonyl (C=O) groups is 1. The lowest BCUT2D eigenvalue weighted by Crippen LogP contribution is -2.01. The van der Waals surface area contributed by atoms with Crippen molar-refractivity contribution >= 4 is 17.6 Å². The summed E-state index contributed by atoms with van der Waals surface area (Å²) in [6, 6.07) is 14.4. The SMILES string of the molecule is CC(=O)c1cc(N=C=O)ccc1OCc1ccccc1. The summed E-state index contributed by atoms with van der Waals surface area (Å²) in [6.45, 7) is 1.82. The summed E-state index contributed by atoms with van der Waals surface area (Å²) in [6.07, 6.45) is 1.45. The zero-order valence-electron chi connectivity index (χ0n) is 11.0. The first-order valence-corrected chi connectivity index (χ1v) is 6.10. The summed E-state index contributed by atoms with van der Waals surface area (Å²) in [5, 5.41) is 0. The van der Waals surface area contributed by atoms with Gasteiger partial charge in [0.15, 0.2) is 5.78 Å². The van der Waals surface area contributed by atoms with E-state index >= 15 is 0 Å². The molecule has 0 aliphatic rings. The number of ether oxygens (including phenoxy) is 1. The number of nitrogens with zero attached hydrogens (tertiary/aromatic N) is 1. The van der Waals surface area contributed by atoms with Crippen molar-refractivity contribution in [2.75, 3.05) is 0 Å². The Morgan fingerprint density at radius 1 is 1.20 bits per heavy atom. The van der Waals surface area contributed by atoms with E-state index in [4.69, 9.17) is 4.74 Å². The summed E-state index contributed by atoms with van der Waals surface area (Å²) < 4.78 is 5.66. The summed E-state index contributed by atoms with van der Waals surface area (Å²) in [5.41, 5.74) is 1.80. The second-order valence-electron chi connectivity index (χ2n) is 4.21. The van der Waals surface area contributed by atoms with E-state index < -0.39 is 0 Å². The maximum atomic E-state index is 11.6. The monoisotopic (exact) mass is 267 g/mol. The second-order valence-corrected chi connectivity index (χ2v) is 4.21. The number of rotatable bonds is 5. The second kappa shape index (κ2) is 6.45. The number of isocyanates is 1. The van der Waals surface area contributed by atoms with Crippen molar-refractivity contribution in [3.63, 3.8) is 0 Å². The normalized spacial score (nSPS) is 9.65. The van der Waals surface area contributed by atoms with Crippen LogP contribution < -0.4 is 4.74 Å². The van der Waals surface area contributed by atoms with Gasteiger partial charge < -0.3 is 4.74 Å². The Morgan fingerprint density at radius 2 is 1.95 bits per heavy atom. The lowest BCUT2D eigenvalue weighted by molar-refractivity contribution is 0.101. The van der Waals surface area contributed by atoms with Crippen LogP contribution in [0.1, 0.15) is 22.8 Å². The van der Waals surface area contributed by atoms with Crippen molar-refractivity contribution < 1.29 is 14.3 Å². The minimum Gasteiger partial charge on any atom is -0.488 e. The molecule has 2 aromatic rings. The molecule has 0 saturated carbocycles. The maximum Gasteiger partial charge on any atom is 0.240 e. The van der Waals surface area contributed by atoms with Gasteiger partial charge in [-0.15, -0.1) is 0 Å². The van der Waals surface area contributed by atoms with Crippen molar-refractivity contribution in [1.29, 1.82) is 0 Å². The standard InChI is InChI=1S/C16H13NO3/c1-12(19)15-9-14(17-11-18)7-8-16(15)20-10-13-5-3-2-4-6-13/h2-9H,10H2,1H3. The van der Waals surface area contributed by atoms with E-state index in [-0.39, 0.29) is 5.78 Å². The number of aliphatic imine (C=N–C) groups is 1. The average Bonchev–Trinajstić information content (AvgIpc) is 2.47. The van der Waals surface area contributed by atoms with E-state index in [0.29, 0.717) is 23.6 Å². The maximum absolute atomic E-state index is 11.6. The molecule has 0 bridgehead atoms. The highest BCUT2D eigenvalue weighted by molar-refractivity contribution is 5.97. The van der Waals surface area contributed by atoms with Crippen LogP contribution in [0, 0.1) is 0 Å². The van der Waals surface area contributed by atoms with Gasteiger partial charge in [-0.25, -0.2) is 4.79 Å². The molecule has 0 amide bonds. The molecule has 20 heavy (non-hydrogen) atoms. The Balaban J connectivity index is 2.22. The predicted molar refractivity (Wildman–Crippen MR) is 75.0 cm³/mol. The fraction of sp³-hybridized carbons (Fsp3) is 0.125. The summed E-state index contributed by atoms with van der Waals surface area (Å²) >= 11 is 0. The molecule has 0 atom stereocenters. The summed E-state index contributed by atoms with van der Waals surface area (Å²) in [7, 11) is 0. The smallest absolute Gasteiger partial charge is 0.240 e. The third-order valence-corrected chi connectivity index (χ3v) is 2.75. The Bertz CT molecular complexity index is 659. The molecule has 0 aliphatic carbocycles. The number of hydrogen-bond donors (Lipinski definition) is 0. The molecule has 0 aromatic heterocycles. The molecule has 0 unspecified atom stereocenters. The molecule has 0 aliphatic heterocycles. The number of hydrogen-bond acceptors (Lipinski definition) is 4. The Kier molecular flexibility index (Phi) is 4.43. The van der Waals surface area contributed by atoms with E-state index in [2.05, 4.69) is 4.99 Å². The largest absolute Gasteiger partial charge is 0.488 e. The van der Waals surface area contributed by atoms with E-state index in [0.717, 1.165) is 5.56 Å². The van der Waals surface area contributed by atoms with Gasteiger partial charge in [0.2, 0.25) is 6.08 Å². The van der Waals surface area contributed by atoms with Crippen molar-refractivity contribution in [3.8, 4) is 5.75 Å². The van der Waals surface area contributed by atoms with Gasteiger partial charge in [0, 0.05) is 0 Å². The highest BCUT2D eigenvalue weighted by Gasteiger charge is 2.10. The molecule has 0 saturated heterocycles. The topological polar surface area (TPSA) is 55.7 Å². The van der Waals surface area contributed by atoms with Crippen LogP contribution in [0.2, 0.25) is 0 Å². The van der Waals surface area contributed by atoms with Gasteiger partial charge in [-0.1, -0.05) is 30.3 Å². The quantitative estimate of drug-likeness (QED) is 0.473. The fourth-order valence-electron chi connectivity index (χ4n) is 1.78. The number of benzene rings is 2. The molecule has 4 nitrogen and oxygen atoms in total.